The highest BCUT2D eigenvalue weighted by Gasteiger charge is 2.21. The van der Waals surface area contributed by atoms with Crippen LogP contribution in [0.15, 0.2) is 0 Å². The largest absolute Gasteiger partial charge is 0.229 e. The summed E-state index contributed by atoms with van der Waals surface area (Å²) in [4.78, 5) is 0. The zero-order valence-electron chi connectivity index (χ0n) is 10.3. The van der Waals surface area contributed by atoms with Gasteiger partial charge in [-0.2, -0.15) is 47.0 Å². The minimum Gasteiger partial charge on any atom is -0.229 e. The average molecular weight is 333 g/mol. The molecule has 0 aromatic carbocycles. The molecule has 0 radical (unpaired) electrons. The highest BCUT2D eigenvalue weighted by molar-refractivity contribution is 8.09. The van der Waals surface area contributed by atoms with Crippen LogP contribution in [-0.4, -0.2) is 65.9 Å². The monoisotopic (exact) mass is 332 g/mol. The lowest BCUT2D eigenvalue weighted by atomic mass is 10.5. The van der Waals surface area contributed by atoms with E-state index in [1.807, 2.05) is 11.8 Å². The van der Waals surface area contributed by atoms with Crippen molar-refractivity contribution in [3.05, 3.63) is 0 Å². The van der Waals surface area contributed by atoms with E-state index in [-0.39, 0.29) is 0 Å². The fraction of sp³-hybridized carbons (Fsp3) is 1.00. The summed E-state index contributed by atoms with van der Waals surface area (Å²) in [6, 6.07) is 0. The van der Waals surface area contributed by atoms with Gasteiger partial charge in [0.15, 0.2) is 0 Å². The summed E-state index contributed by atoms with van der Waals surface area (Å²) < 4.78 is 21.9. The molecule has 2 atom stereocenters. The Balaban J connectivity index is 2.06. The van der Waals surface area contributed by atoms with Gasteiger partial charge >= 0.3 is 0 Å². The van der Waals surface area contributed by atoms with Gasteiger partial charge < -0.3 is 0 Å². The van der Waals surface area contributed by atoms with Gasteiger partial charge in [0.1, 0.15) is 9.84 Å². The SMILES string of the molecule is CSCC1CSC(CSCCS(C)(=O)=O)CS1. The third-order valence-corrected chi connectivity index (χ3v) is 9.00. The first-order valence-corrected chi connectivity index (χ1v) is 12.2. The Hall–Kier alpha value is 1.35. The van der Waals surface area contributed by atoms with Gasteiger partial charge in [-0.05, 0) is 6.26 Å². The van der Waals surface area contributed by atoms with Crippen molar-refractivity contribution in [2.45, 2.75) is 10.5 Å². The summed E-state index contributed by atoms with van der Waals surface area (Å²) >= 11 is 7.86. The van der Waals surface area contributed by atoms with E-state index in [9.17, 15) is 8.42 Å². The molecule has 1 aliphatic rings. The maximum atomic E-state index is 11.0. The lowest BCUT2D eigenvalue weighted by Crippen LogP contribution is -2.24. The number of hydrogen-bond donors (Lipinski definition) is 0. The van der Waals surface area contributed by atoms with Gasteiger partial charge in [0, 0.05) is 45.5 Å². The van der Waals surface area contributed by atoms with Gasteiger partial charge in [0.05, 0.1) is 5.75 Å². The van der Waals surface area contributed by atoms with Crippen LogP contribution in [0.25, 0.3) is 0 Å². The normalized spacial score (nSPS) is 26.0. The summed E-state index contributed by atoms with van der Waals surface area (Å²) in [6.45, 7) is 0. The van der Waals surface area contributed by atoms with E-state index in [1.54, 1.807) is 11.8 Å². The third kappa shape index (κ3) is 8.18. The summed E-state index contributed by atoms with van der Waals surface area (Å²) in [5.74, 6) is 5.89. The molecule has 1 rings (SSSR count). The molecule has 2 nitrogen and oxygen atoms in total. The van der Waals surface area contributed by atoms with Crippen LogP contribution < -0.4 is 0 Å². The fourth-order valence-corrected chi connectivity index (χ4v) is 8.32. The van der Waals surface area contributed by atoms with Gasteiger partial charge in [0.25, 0.3) is 0 Å². The van der Waals surface area contributed by atoms with Crippen LogP contribution in [-0.2, 0) is 9.84 Å². The molecule has 102 valence electrons. The highest BCUT2D eigenvalue weighted by atomic mass is 32.2. The van der Waals surface area contributed by atoms with Gasteiger partial charge in [-0.1, -0.05) is 0 Å². The maximum absolute atomic E-state index is 11.0. The topological polar surface area (TPSA) is 34.1 Å². The van der Waals surface area contributed by atoms with Gasteiger partial charge in [-0.3, -0.25) is 0 Å². The zero-order chi connectivity index (χ0) is 12.7. The van der Waals surface area contributed by atoms with Crippen molar-refractivity contribution in [3.63, 3.8) is 0 Å². The molecule has 7 heteroatoms. The molecule has 0 aromatic heterocycles. The van der Waals surface area contributed by atoms with Crippen molar-refractivity contribution in [3.8, 4) is 0 Å². The Morgan fingerprint density at radius 3 is 2.24 bits per heavy atom. The Morgan fingerprint density at radius 1 is 1.18 bits per heavy atom. The fourth-order valence-electron chi connectivity index (χ4n) is 1.39. The lowest BCUT2D eigenvalue weighted by molar-refractivity contribution is 0.603. The van der Waals surface area contributed by atoms with Crippen LogP contribution in [0.4, 0.5) is 0 Å². The number of sulfone groups is 1. The number of rotatable bonds is 7. The minimum atomic E-state index is -2.78. The van der Waals surface area contributed by atoms with E-state index in [2.05, 4.69) is 29.8 Å². The first-order valence-electron chi connectivity index (χ1n) is 5.49. The molecule has 0 bridgehead atoms. The average Bonchev–Trinajstić information content (AvgIpc) is 2.26. The standard InChI is InChI=1S/C10H20O2S5/c1-13-5-9-7-16-10(8-15-9)6-14-3-4-17(2,11)12/h9-10H,3-8H2,1-2H3. The predicted octanol–water partition coefficient (Wildman–Crippen LogP) is 2.34. The van der Waals surface area contributed by atoms with Crippen molar-refractivity contribution < 1.29 is 8.42 Å². The molecule has 1 fully saturated rings. The van der Waals surface area contributed by atoms with Crippen molar-refractivity contribution >= 4 is 56.9 Å². The zero-order valence-corrected chi connectivity index (χ0v) is 14.3. The minimum absolute atomic E-state index is 0.317. The lowest BCUT2D eigenvalue weighted by Gasteiger charge is -2.27. The van der Waals surface area contributed by atoms with Gasteiger partial charge in [0.2, 0.25) is 0 Å². The van der Waals surface area contributed by atoms with Gasteiger partial charge in [-0.25, -0.2) is 8.42 Å². The molecular weight excluding hydrogens is 312 g/mol. The summed E-state index contributed by atoms with van der Waals surface area (Å²) in [6.07, 6.45) is 3.48. The first kappa shape index (κ1) is 16.4. The van der Waals surface area contributed by atoms with Crippen LogP contribution in [0.5, 0.6) is 0 Å². The Labute approximate surface area is 122 Å². The third-order valence-electron chi connectivity index (χ3n) is 2.29. The van der Waals surface area contributed by atoms with E-state index in [0.29, 0.717) is 11.0 Å². The molecule has 0 aromatic rings. The van der Waals surface area contributed by atoms with Crippen LogP contribution in [0, 0.1) is 0 Å². The van der Waals surface area contributed by atoms with E-state index < -0.39 is 9.84 Å². The highest BCUT2D eigenvalue weighted by Crippen LogP contribution is 2.32. The summed E-state index contributed by atoms with van der Waals surface area (Å²) in [5.41, 5.74) is 0. The van der Waals surface area contributed by atoms with E-state index in [1.165, 1.54) is 23.5 Å². The molecule has 17 heavy (non-hydrogen) atoms. The maximum Gasteiger partial charge on any atom is 0.148 e. The molecule has 1 heterocycles. The molecular formula is C10H20O2S5. The second kappa shape index (κ2) is 8.51. The second-order valence-electron chi connectivity index (χ2n) is 4.07. The number of thioether (sulfide) groups is 4. The molecule has 0 N–H and O–H groups in total. The van der Waals surface area contributed by atoms with Crippen LogP contribution >= 0.6 is 47.0 Å². The van der Waals surface area contributed by atoms with Crippen molar-refractivity contribution in [1.29, 1.82) is 0 Å². The molecule has 1 saturated heterocycles. The molecule has 1 aliphatic heterocycles. The smallest absolute Gasteiger partial charge is 0.148 e. The van der Waals surface area contributed by atoms with E-state index >= 15 is 0 Å². The Bertz CT molecular complexity index is 296. The Kier molecular flexibility index (Phi) is 8.21. The summed E-state index contributed by atoms with van der Waals surface area (Å²) in [7, 11) is -2.78. The van der Waals surface area contributed by atoms with Gasteiger partial charge in [-0.15, -0.1) is 0 Å². The summed E-state index contributed by atoms with van der Waals surface area (Å²) in [5, 5.41) is 1.52. The quantitative estimate of drug-likeness (QED) is 0.666. The predicted molar refractivity (Wildman–Crippen MR) is 87.9 cm³/mol. The van der Waals surface area contributed by atoms with Crippen LogP contribution in [0.3, 0.4) is 0 Å². The molecule has 0 aliphatic carbocycles. The number of hydrogen-bond acceptors (Lipinski definition) is 6. The van der Waals surface area contributed by atoms with Crippen LogP contribution in [0.1, 0.15) is 0 Å². The first-order chi connectivity index (χ1) is 8.01. The van der Waals surface area contributed by atoms with E-state index in [4.69, 9.17) is 0 Å². The molecule has 0 spiro atoms. The second-order valence-corrected chi connectivity index (χ2v) is 11.1. The Morgan fingerprint density at radius 2 is 1.76 bits per heavy atom. The van der Waals surface area contributed by atoms with Crippen molar-refractivity contribution in [1.82, 2.24) is 0 Å². The molecule has 2 unspecified atom stereocenters. The molecule has 0 saturated carbocycles. The molecule has 0 amide bonds. The van der Waals surface area contributed by atoms with Crippen molar-refractivity contribution in [2.75, 3.05) is 47.0 Å². The van der Waals surface area contributed by atoms with Crippen molar-refractivity contribution in [2.24, 2.45) is 0 Å². The van der Waals surface area contributed by atoms with E-state index in [0.717, 1.165) is 16.8 Å². The van der Waals surface area contributed by atoms with Crippen LogP contribution in [0.2, 0.25) is 0 Å².